The van der Waals surface area contributed by atoms with Gasteiger partial charge in [0.1, 0.15) is 5.75 Å². The monoisotopic (exact) mass is 410 g/mol. The summed E-state index contributed by atoms with van der Waals surface area (Å²) in [6.07, 6.45) is 2.95. The number of hydrogen-bond acceptors (Lipinski definition) is 5. The first-order chi connectivity index (χ1) is 14.5. The molecule has 3 rings (SSSR count). The van der Waals surface area contributed by atoms with Crippen LogP contribution in [0.25, 0.3) is 0 Å². The Balaban J connectivity index is 1.45. The van der Waals surface area contributed by atoms with E-state index in [4.69, 9.17) is 9.47 Å². The van der Waals surface area contributed by atoms with Crippen LogP contribution in [0.4, 0.5) is 0 Å². The first-order valence-corrected chi connectivity index (χ1v) is 10.5. The summed E-state index contributed by atoms with van der Waals surface area (Å²) in [4.78, 5) is 27.1. The zero-order chi connectivity index (χ0) is 21.3. The summed E-state index contributed by atoms with van der Waals surface area (Å²) in [5.41, 5.74) is 2.57. The van der Waals surface area contributed by atoms with E-state index < -0.39 is 12.1 Å². The minimum atomic E-state index is -0.872. The minimum absolute atomic E-state index is 0.333. The molecule has 1 amide bonds. The van der Waals surface area contributed by atoms with E-state index in [0.29, 0.717) is 12.1 Å². The summed E-state index contributed by atoms with van der Waals surface area (Å²) >= 11 is 0. The van der Waals surface area contributed by atoms with E-state index in [1.165, 1.54) is 24.8 Å². The molecule has 6 heteroatoms. The van der Waals surface area contributed by atoms with E-state index in [0.717, 1.165) is 30.9 Å². The second-order valence-electron chi connectivity index (χ2n) is 7.65. The standard InChI is InChI=1S/C24H30N2O4/c1-18(23(27)25-16-19-8-12-22(29-2)13-9-19)30-24(28)21-10-6-20(7-11-21)17-26-14-4-3-5-15-26/h6-13,18H,3-5,14-17H2,1-2H3,(H,25,27)/t18-/m1/s1. The molecule has 0 saturated carbocycles. The number of ether oxygens (including phenoxy) is 2. The summed E-state index contributed by atoms with van der Waals surface area (Å²) < 4.78 is 10.4. The molecule has 0 unspecified atom stereocenters. The van der Waals surface area contributed by atoms with Gasteiger partial charge in [0, 0.05) is 13.1 Å². The maximum absolute atomic E-state index is 12.4. The number of nitrogens with one attached hydrogen (secondary N) is 1. The molecule has 1 aliphatic heterocycles. The normalized spacial score (nSPS) is 15.3. The second kappa shape index (κ2) is 10.8. The molecule has 1 N–H and O–H groups in total. The number of amides is 1. The Hall–Kier alpha value is -2.86. The first kappa shape index (κ1) is 21.8. The van der Waals surface area contributed by atoms with Gasteiger partial charge in [-0.25, -0.2) is 4.79 Å². The predicted octanol–water partition coefficient (Wildman–Crippen LogP) is 3.54. The molecule has 1 atom stereocenters. The molecule has 160 valence electrons. The van der Waals surface area contributed by atoms with E-state index in [-0.39, 0.29) is 5.91 Å². The van der Waals surface area contributed by atoms with Gasteiger partial charge in [-0.2, -0.15) is 0 Å². The molecule has 2 aromatic carbocycles. The number of esters is 1. The fraction of sp³-hybridized carbons (Fsp3) is 0.417. The van der Waals surface area contributed by atoms with Crippen LogP contribution in [0.15, 0.2) is 48.5 Å². The van der Waals surface area contributed by atoms with Crippen molar-refractivity contribution < 1.29 is 19.1 Å². The Morgan fingerprint density at radius 1 is 0.967 bits per heavy atom. The number of benzene rings is 2. The van der Waals surface area contributed by atoms with Gasteiger partial charge in [0.15, 0.2) is 6.10 Å². The quantitative estimate of drug-likeness (QED) is 0.674. The summed E-state index contributed by atoms with van der Waals surface area (Å²) in [5.74, 6) is -0.0678. The smallest absolute Gasteiger partial charge is 0.338 e. The van der Waals surface area contributed by atoms with Gasteiger partial charge in [0.2, 0.25) is 0 Å². The van der Waals surface area contributed by atoms with Crippen molar-refractivity contribution in [2.75, 3.05) is 20.2 Å². The molecule has 2 aromatic rings. The molecule has 1 aliphatic rings. The van der Waals surface area contributed by atoms with Gasteiger partial charge in [0.05, 0.1) is 12.7 Å². The maximum atomic E-state index is 12.4. The van der Waals surface area contributed by atoms with E-state index in [1.54, 1.807) is 26.2 Å². The molecule has 0 radical (unpaired) electrons. The molecular weight excluding hydrogens is 380 g/mol. The average molecular weight is 411 g/mol. The van der Waals surface area contributed by atoms with Crippen LogP contribution in [0.1, 0.15) is 47.7 Å². The Bertz CT molecular complexity index is 827. The zero-order valence-electron chi connectivity index (χ0n) is 17.7. The largest absolute Gasteiger partial charge is 0.497 e. The fourth-order valence-corrected chi connectivity index (χ4v) is 3.48. The van der Waals surface area contributed by atoms with Crippen LogP contribution in [0.5, 0.6) is 5.75 Å². The molecule has 0 spiro atoms. The number of likely N-dealkylation sites (tertiary alicyclic amines) is 1. The lowest BCUT2D eigenvalue weighted by Gasteiger charge is -2.26. The third-order valence-electron chi connectivity index (χ3n) is 5.32. The summed E-state index contributed by atoms with van der Waals surface area (Å²) in [6, 6.07) is 14.9. The summed E-state index contributed by atoms with van der Waals surface area (Å²) in [5, 5.41) is 2.79. The highest BCUT2D eigenvalue weighted by molar-refractivity contribution is 5.92. The van der Waals surface area contributed by atoms with Crippen molar-refractivity contribution in [2.45, 2.75) is 45.4 Å². The highest BCUT2D eigenvalue weighted by Crippen LogP contribution is 2.15. The molecule has 30 heavy (non-hydrogen) atoms. The van der Waals surface area contributed by atoms with Crippen LogP contribution in [0.2, 0.25) is 0 Å². The lowest BCUT2D eigenvalue weighted by Crippen LogP contribution is -2.35. The van der Waals surface area contributed by atoms with E-state index in [9.17, 15) is 9.59 Å². The first-order valence-electron chi connectivity index (χ1n) is 10.5. The van der Waals surface area contributed by atoms with Crippen LogP contribution in [0, 0.1) is 0 Å². The zero-order valence-corrected chi connectivity index (χ0v) is 17.7. The third-order valence-corrected chi connectivity index (χ3v) is 5.32. The van der Waals surface area contributed by atoms with Gasteiger partial charge in [-0.1, -0.05) is 30.7 Å². The van der Waals surface area contributed by atoms with E-state index >= 15 is 0 Å². The second-order valence-corrected chi connectivity index (χ2v) is 7.65. The lowest BCUT2D eigenvalue weighted by molar-refractivity contribution is -0.129. The van der Waals surface area contributed by atoms with Crippen molar-refractivity contribution in [3.63, 3.8) is 0 Å². The number of carbonyl (C=O) groups excluding carboxylic acids is 2. The van der Waals surface area contributed by atoms with Crippen molar-refractivity contribution >= 4 is 11.9 Å². The highest BCUT2D eigenvalue weighted by atomic mass is 16.5. The van der Waals surface area contributed by atoms with Crippen LogP contribution < -0.4 is 10.1 Å². The van der Waals surface area contributed by atoms with Gasteiger partial charge in [-0.05, 0) is 68.2 Å². The van der Waals surface area contributed by atoms with E-state index in [2.05, 4.69) is 10.2 Å². The average Bonchev–Trinajstić information content (AvgIpc) is 2.79. The van der Waals surface area contributed by atoms with Crippen molar-refractivity contribution in [3.8, 4) is 5.75 Å². The van der Waals surface area contributed by atoms with Gasteiger partial charge < -0.3 is 14.8 Å². The molecule has 0 aliphatic carbocycles. The van der Waals surface area contributed by atoms with Gasteiger partial charge in [-0.15, -0.1) is 0 Å². The van der Waals surface area contributed by atoms with Crippen molar-refractivity contribution in [2.24, 2.45) is 0 Å². The third kappa shape index (κ3) is 6.32. The molecular formula is C24H30N2O4. The molecule has 1 heterocycles. The molecule has 6 nitrogen and oxygen atoms in total. The number of nitrogens with zero attached hydrogens (tertiary/aromatic N) is 1. The molecule has 0 bridgehead atoms. The summed E-state index contributed by atoms with van der Waals surface area (Å²) in [6.45, 7) is 5.10. The Kier molecular flexibility index (Phi) is 7.85. The SMILES string of the molecule is COc1ccc(CNC(=O)[C@@H](C)OC(=O)c2ccc(CN3CCCCC3)cc2)cc1. The van der Waals surface area contributed by atoms with Gasteiger partial charge in [-0.3, -0.25) is 9.69 Å². The number of carbonyl (C=O) groups is 2. The van der Waals surface area contributed by atoms with E-state index in [1.807, 2.05) is 36.4 Å². The van der Waals surface area contributed by atoms with Crippen molar-refractivity contribution in [1.29, 1.82) is 0 Å². The lowest BCUT2D eigenvalue weighted by atomic mass is 10.1. The van der Waals surface area contributed by atoms with Crippen LogP contribution >= 0.6 is 0 Å². The van der Waals surface area contributed by atoms with Crippen molar-refractivity contribution in [1.82, 2.24) is 10.2 Å². The number of rotatable bonds is 8. The molecule has 1 saturated heterocycles. The number of hydrogen-bond donors (Lipinski definition) is 1. The Morgan fingerprint density at radius 2 is 1.60 bits per heavy atom. The number of methoxy groups -OCH3 is 1. The number of piperidine rings is 1. The molecule has 0 aromatic heterocycles. The topological polar surface area (TPSA) is 67.9 Å². The molecule has 1 fully saturated rings. The minimum Gasteiger partial charge on any atom is -0.497 e. The van der Waals surface area contributed by atoms with Gasteiger partial charge >= 0.3 is 5.97 Å². The fourth-order valence-electron chi connectivity index (χ4n) is 3.48. The Labute approximate surface area is 178 Å². The van der Waals surface area contributed by atoms with Crippen LogP contribution in [-0.4, -0.2) is 43.1 Å². The predicted molar refractivity (Wildman–Crippen MR) is 115 cm³/mol. The summed E-state index contributed by atoms with van der Waals surface area (Å²) in [7, 11) is 1.61. The Morgan fingerprint density at radius 3 is 2.23 bits per heavy atom. The highest BCUT2D eigenvalue weighted by Gasteiger charge is 2.19. The van der Waals surface area contributed by atoms with Crippen LogP contribution in [-0.2, 0) is 22.6 Å². The van der Waals surface area contributed by atoms with Crippen molar-refractivity contribution in [3.05, 3.63) is 65.2 Å². The van der Waals surface area contributed by atoms with Gasteiger partial charge in [0.25, 0.3) is 5.91 Å². The maximum Gasteiger partial charge on any atom is 0.338 e. The van der Waals surface area contributed by atoms with Crippen LogP contribution in [0.3, 0.4) is 0 Å².